The van der Waals surface area contributed by atoms with Crippen molar-refractivity contribution in [3.8, 4) is 11.5 Å². The maximum absolute atomic E-state index is 13.0. The van der Waals surface area contributed by atoms with Crippen molar-refractivity contribution < 1.29 is 37.4 Å². The molecule has 1 aliphatic rings. The van der Waals surface area contributed by atoms with Gasteiger partial charge in [-0.05, 0) is 25.0 Å². The number of benzene rings is 1. The highest BCUT2D eigenvalue weighted by molar-refractivity contribution is 7.89. The van der Waals surface area contributed by atoms with Crippen LogP contribution < -0.4 is 20.1 Å². The highest BCUT2D eigenvalue weighted by Gasteiger charge is 2.39. The summed E-state index contributed by atoms with van der Waals surface area (Å²) in [6, 6.07) is 3.17. The summed E-state index contributed by atoms with van der Waals surface area (Å²) >= 11 is 0. The second kappa shape index (κ2) is 9.56. The molecule has 0 bridgehead atoms. The Morgan fingerprint density at radius 1 is 1.14 bits per heavy atom. The standard InChI is InChI=1S/C17H23N3O8S/c1-27-13-6-5-11(8-14(13)28-2)29(25,26)20-7-3-4-12(20)17(24)19-9-15(21)18-10-16(22)23/h5-6,8,12H,3-4,7,9-10H2,1-2H3,(H,18,21)(H,19,24)(H,22,23). The highest BCUT2D eigenvalue weighted by Crippen LogP contribution is 2.33. The Hall–Kier alpha value is -2.86. The lowest BCUT2D eigenvalue weighted by atomic mass is 10.2. The number of carbonyl (C=O) groups excluding carboxylic acids is 2. The van der Waals surface area contributed by atoms with Gasteiger partial charge >= 0.3 is 5.97 Å². The van der Waals surface area contributed by atoms with Gasteiger partial charge in [0.1, 0.15) is 12.6 Å². The van der Waals surface area contributed by atoms with Gasteiger partial charge in [-0.3, -0.25) is 14.4 Å². The molecule has 3 N–H and O–H groups in total. The lowest BCUT2D eigenvalue weighted by Crippen LogP contribution is -2.48. The normalized spacial score (nSPS) is 16.8. The van der Waals surface area contributed by atoms with Crippen molar-refractivity contribution >= 4 is 27.8 Å². The van der Waals surface area contributed by atoms with Crippen LogP contribution in [0.15, 0.2) is 23.1 Å². The summed E-state index contributed by atoms with van der Waals surface area (Å²) in [5, 5.41) is 13.0. The zero-order valence-electron chi connectivity index (χ0n) is 16.0. The summed E-state index contributed by atoms with van der Waals surface area (Å²) in [7, 11) is -1.18. The number of nitrogens with zero attached hydrogens (tertiary/aromatic N) is 1. The van der Waals surface area contributed by atoms with Gasteiger partial charge in [0.05, 0.1) is 25.7 Å². The molecule has 1 atom stereocenters. The molecule has 0 spiro atoms. The zero-order valence-corrected chi connectivity index (χ0v) is 16.8. The highest BCUT2D eigenvalue weighted by atomic mass is 32.2. The van der Waals surface area contributed by atoms with Gasteiger partial charge in [0, 0.05) is 12.6 Å². The van der Waals surface area contributed by atoms with Gasteiger partial charge in [-0.15, -0.1) is 0 Å². The molecule has 0 aliphatic carbocycles. The molecule has 1 aliphatic heterocycles. The molecule has 29 heavy (non-hydrogen) atoms. The predicted octanol–water partition coefficient (Wildman–Crippen LogP) is -0.826. The minimum absolute atomic E-state index is 0.0472. The van der Waals surface area contributed by atoms with E-state index in [0.29, 0.717) is 18.6 Å². The Bertz CT molecular complexity index is 887. The van der Waals surface area contributed by atoms with Crippen LogP contribution >= 0.6 is 0 Å². The molecule has 1 heterocycles. The number of carboxylic acids is 1. The molecule has 0 saturated carbocycles. The lowest BCUT2D eigenvalue weighted by molar-refractivity contribution is -0.137. The third-order valence-electron chi connectivity index (χ3n) is 4.33. The second-order valence-corrected chi connectivity index (χ2v) is 8.07. The predicted molar refractivity (Wildman–Crippen MR) is 100 cm³/mol. The van der Waals surface area contributed by atoms with Crippen molar-refractivity contribution in [1.29, 1.82) is 0 Å². The van der Waals surface area contributed by atoms with E-state index in [9.17, 15) is 22.8 Å². The van der Waals surface area contributed by atoms with Crippen LogP contribution in [-0.4, -0.2) is 75.5 Å². The fraction of sp³-hybridized carbons (Fsp3) is 0.471. The van der Waals surface area contributed by atoms with Crippen LogP contribution in [0.4, 0.5) is 0 Å². The van der Waals surface area contributed by atoms with Crippen molar-refractivity contribution in [3.63, 3.8) is 0 Å². The van der Waals surface area contributed by atoms with Crippen LogP contribution in [-0.2, 0) is 24.4 Å². The number of rotatable bonds is 9. The smallest absolute Gasteiger partial charge is 0.322 e. The molecular formula is C17H23N3O8S. The fourth-order valence-corrected chi connectivity index (χ4v) is 4.60. The van der Waals surface area contributed by atoms with Crippen LogP contribution in [0.25, 0.3) is 0 Å². The van der Waals surface area contributed by atoms with Crippen molar-refractivity contribution in [2.24, 2.45) is 0 Å². The fourth-order valence-electron chi connectivity index (χ4n) is 2.92. The van der Waals surface area contributed by atoms with Gasteiger partial charge < -0.3 is 25.2 Å². The minimum Gasteiger partial charge on any atom is -0.493 e. The number of nitrogens with one attached hydrogen (secondary N) is 2. The lowest BCUT2D eigenvalue weighted by Gasteiger charge is -2.23. The SMILES string of the molecule is COc1ccc(S(=O)(=O)N2CCCC2C(=O)NCC(=O)NCC(=O)O)cc1OC. The summed E-state index contributed by atoms with van der Waals surface area (Å²) in [4.78, 5) is 34.4. The minimum atomic E-state index is -3.99. The molecule has 2 amide bonds. The monoisotopic (exact) mass is 429 g/mol. The van der Waals surface area contributed by atoms with Gasteiger partial charge in [0.25, 0.3) is 0 Å². The quantitative estimate of drug-likeness (QED) is 0.460. The van der Waals surface area contributed by atoms with Crippen LogP contribution in [0, 0.1) is 0 Å². The van der Waals surface area contributed by atoms with E-state index >= 15 is 0 Å². The van der Waals surface area contributed by atoms with Gasteiger partial charge in [-0.25, -0.2) is 8.42 Å². The molecule has 0 radical (unpaired) electrons. The Kier molecular flexibility index (Phi) is 7.40. The van der Waals surface area contributed by atoms with E-state index in [1.807, 2.05) is 0 Å². The number of hydrogen-bond acceptors (Lipinski definition) is 7. The molecule has 11 nitrogen and oxygen atoms in total. The average molecular weight is 429 g/mol. The molecule has 1 aromatic rings. The Balaban J connectivity index is 2.11. The number of sulfonamides is 1. The van der Waals surface area contributed by atoms with E-state index in [4.69, 9.17) is 14.6 Å². The van der Waals surface area contributed by atoms with Crippen molar-refractivity contribution in [3.05, 3.63) is 18.2 Å². The van der Waals surface area contributed by atoms with E-state index < -0.39 is 46.9 Å². The first-order valence-corrected chi connectivity index (χ1v) is 10.1. The van der Waals surface area contributed by atoms with E-state index in [0.717, 1.165) is 4.31 Å². The molecule has 2 rings (SSSR count). The molecule has 12 heteroatoms. The first-order chi connectivity index (χ1) is 13.7. The first-order valence-electron chi connectivity index (χ1n) is 8.70. The van der Waals surface area contributed by atoms with Gasteiger partial charge in [-0.2, -0.15) is 4.31 Å². The topological polar surface area (TPSA) is 151 Å². The van der Waals surface area contributed by atoms with Crippen molar-refractivity contribution in [2.45, 2.75) is 23.8 Å². The van der Waals surface area contributed by atoms with Crippen LogP contribution in [0.3, 0.4) is 0 Å². The number of carboxylic acid groups (broad SMARTS) is 1. The molecule has 1 saturated heterocycles. The van der Waals surface area contributed by atoms with Crippen molar-refractivity contribution in [2.75, 3.05) is 33.9 Å². The molecule has 160 valence electrons. The number of aliphatic carboxylic acids is 1. The van der Waals surface area contributed by atoms with Crippen LogP contribution in [0.1, 0.15) is 12.8 Å². The Morgan fingerprint density at radius 2 is 1.83 bits per heavy atom. The summed E-state index contributed by atoms with van der Waals surface area (Å²) < 4.78 is 37.4. The van der Waals surface area contributed by atoms with Crippen LogP contribution in [0.2, 0.25) is 0 Å². The largest absolute Gasteiger partial charge is 0.493 e. The second-order valence-electron chi connectivity index (χ2n) is 6.18. The van der Waals surface area contributed by atoms with E-state index in [-0.39, 0.29) is 17.2 Å². The zero-order chi connectivity index (χ0) is 21.6. The Labute approximate surface area is 168 Å². The number of hydrogen-bond donors (Lipinski definition) is 3. The van der Waals surface area contributed by atoms with E-state index in [1.54, 1.807) is 0 Å². The third-order valence-corrected chi connectivity index (χ3v) is 6.23. The summed E-state index contributed by atoms with van der Waals surface area (Å²) in [6.07, 6.45) is 0.783. The molecule has 1 unspecified atom stereocenters. The molecule has 1 aromatic carbocycles. The van der Waals surface area contributed by atoms with Gasteiger partial charge in [0.15, 0.2) is 11.5 Å². The van der Waals surface area contributed by atoms with E-state index in [2.05, 4.69) is 10.6 Å². The van der Waals surface area contributed by atoms with Crippen LogP contribution in [0.5, 0.6) is 11.5 Å². The number of ether oxygens (including phenoxy) is 2. The molecular weight excluding hydrogens is 406 g/mol. The van der Waals surface area contributed by atoms with Gasteiger partial charge in [0.2, 0.25) is 21.8 Å². The number of carbonyl (C=O) groups is 3. The van der Waals surface area contributed by atoms with Gasteiger partial charge in [-0.1, -0.05) is 0 Å². The summed E-state index contributed by atoms with van der Waals surface area (Å²) in [5.41, 5.74) is 0. The molecule has 0 aromatic heterocycles. The summed E-state index contributed by atoms with van der Waals surface area (Å²) in [5.74, 6) is -1.92. The first kappa shape index (κ1) is 22.4. The number of amides is 2. The maximum atomic E-state index is 13.0. The summed E-state index contributed by atoms with van der Waals surface area (Å²) in [6.45, 7) is -0.870. The average Bonchev–Trinajstić information content (AvgIpc) is 3.20. The molecule has 1 fully saturated rings. The van der Waals surface area contributed by atoms with Crippen molar-refractivity contribution in [1.82, 2.24) is 14.9 Å². The third kappa shape index (κ3) is 5.35. The van der Waals surface area contributed by atoms with E-state index in [1.165, 1.54) is 32.4 Å². The maximum Gasteiger partial charge on any atom is 0.322 e. The Morgan fingerprint density at radius 3 is 2.45 bits per heavy atom. The number of methoxy groups -OCH3 is 2.